The normalized spacial score (nSPS) is 10.3. The molecule has 3 nitrogen and oxygen atoms in total. The summed E-state index contributed by atoms with van der Waals surface area (Å²) in [6.45, 7) is 0.0464. The fourth-order valence-corrected chi connectivity index (χ4v) is 2.04. The highest BCUT2D eigenvalue weighted by Gasteiger charge is 2.11. The average molecular weight is 343 g/mol. The monoisotopic (exact) mass is 342 g/mol. The molecule has 0 aliphatic carbocycles. The lowest BCUT2D eigenvalue weighted by Crippen LogP contribution is -2.03. The van der Waals surface area contributed by atoms with Gasteiger partial charge in [0.15, 0.2) is 0 Å². The summed E-state index contributed by atoms with van der Waals surface area (Å²) in [6.07, 6.45) is 0. The van der Waals surface area contributed by atoms with E-state index in [1.54, 1.807) is 0 Å². The molecule has 104 valence electrons. The van der Waals surface area contributed by atoms with E-state index in [1.165, 1.54) is 30.3 Å². The van der Waals surface area contributed by atoms with Crippen molar-refractivity contribution >= 4 is 21.9 Å². The SMILES string of the molecule is O=C(O)c1cc(COc2ccc(F)cc2Br)ccc1F. The minimum absolute atomic E-state index is 0.0464. The molecular formula is C14H9BrF2O3. The number of carbonyl (C=O) groups is 1. The largest absolute Gasteiger partial charge is 0.488 e. The molecule has 0 spiro atoms. The zero-order valence-electron chi connectivity index (χ0n) is 10.1. The first-order chi connectivity index (χ1) is 9.47. The summed E-state index contributed by atoms with van der Waals surface area (Å²) in [6, 6.07) is 7.65. The molecule has 2 aromatic carbocycles. The van der Waals surface area contributed by atoms with Crippen LogP contribution in [0.25, 0.3) is 0 Å². The third kappa shape index (κ3) is 3.33. The van der Waals surface area contributed by atoms with Gasteiger partial charge < -0.3 is 9.84 Å². The van der Waals surface area contributed by atoms with Gasteiger partial charge in [-0.3, -0.25) is 0 Å². The maximum Gasteiger partial charge on any atom is 0.338 e. The standard InChI is InChI=1S/C14H9BrF2O3/c15-11-6-9(16)2-4-13(11)20-7-8-1-3-12(17)10(5-8)14(18)19/h1-6H,7H2,(H,18,19). The van der Waals surface area contributed by atoms with Gasteiger partial charge in [-0.05, 0) is 51.8 Å². The molecule has 0 amide bonds. The second-order valence-corrected chi connectivity index (χ2v) is 4.84. The summed E-state index contributed by atoms with van der Waals surface area (Å²) < 4.78 is 32.0. The van der Waals surface area contributed by atoms with E-state index >= 15 is 0 Å². The van der Waals surface area contributed by atoms with E-state index < -0.39 is 23.2 Å². The zero-order chi connectivity index (χ0) is 14.7. The van der Waals surface area contributed by atoms with Crippen LogP contribution in [0.2, 0.25) is 0 Å². The van der Waals surface area contributed by atoms with Gasteiger partial charge in [-0.2, -0.15) is 0 Å². The Kier molecular flexibility index (Phi) is 4.34. The molecule has 0 atom stereocenters. The molecule has 2 rings (SSSR count). The van der Waals surface area contributed by atoms with Gasteiger partial charge in [0.1, 0.15) is 24.0 Å². The first kappa shape index (κ1) is 14.5. The van der Waals surface area contributed by atoms with Gasteiger partial charge in [0.25, 0.3) is 0 Å². The molecule has 2 aromatic rings. The van der Waals surface area contributed by atoms with Crippen molar-refractivity contribution in [3.8, 4) is 5.75 Å². The molecule has 1 N–H and O–H groups in total. The van der Waals surface area contributed by atoms with E-state index in [0.717, 1.165) is 6.07 Å². The smallest absolute Gasteiger partial charge is 0.338 e. The summed E-state index contributed by atoms with van der Waals surface area (Å²) in [5.41, 5.74) is 0.0873. The van der Waals surface area contributed by atoms with Crippen LogP contribution in [0, 0.1) is 11.6 Å². The van der Waals surface area contributed by atoms with Gasteiger partial charge in [-0.25, -0.2) is 13.6 Å². The van der Waals surface area contributed by atoms with Crippen molar-refractivity contribution in [3.05, 3.63) is 63.6 Å². The van der Waals surface area contributed by atoms with Crippen molar-refractivity contribution in [2.45, 2.75) is 6.61 Å². The number of benzene rings is 2. The van der Waals surface area contributed by atoms with Crippen molar-refractivity contribution in [2.75, 3.05) is 0 Å². The van der Waals surface area contributed by atoms with Crippen LogP contribution >= 0.6 is 15.9 Å². The Balaban J connectivity index is 2.15. The van der Waals surface area contributed by atoms with E-state index in [4.69, 9.17) is 9.84 Å². The molecule has 6 heteroatoms. The highest BCUT2D eigenvalue weighted by atomic mass is 79.9. The molecule has 0 aliphatic heterocycles. The molecule has 0 unspecified atom stereocenters. The molecule has 20 heavy (non-hydrogen) atoms. The van der Waals surface area contributed by atoms with E-state index in [9.17, 15) is 13.6 Å². The van der Waals surface area contributed by atoms with Crippen molar-refractivity contribution < 1.29 is 23.4 Å². The molecular weight excluding hydrogens is 334 g/mol. The Morgan fingerprint density at radius 2 is 1.95 bits per heavy atom. The Labute approximate surface area is 121 Å². The number of hydrogen-bond donors (Lipinski definition) is 1. The van der Waals surface area contributed by atoms with Crippen LogP contribution in [-0.4, -0.2) is 11.1 Å². The minimum atomic E-state index is -1.34. The summed E-state index contributed by atoms with van der Waals surface area (Å²) >= 11 is 3.15. The van der Waals surface area contributed by atoms with Gasteiger partial charge in [-0.1, -0.05) is 6.07 Å². The van der Waals surface area contributed by atoms with E-state index in [2.05, 4.69) is 15.9 Å². The highest BCUT2D eigenvalue weighted by molar-refractivity contribution is 9.10. The molecule has 0 aliphatic rings. The molecule has 0 aromatic heterocycles. The average Bonchev–Trinajstić information content (AvgIpc) is 2.39. The van der Waals surface area contributed by atoms with Crippen molar-refractivity contribution in [3.63, 3.8) is 0 Å². The van der Waals surface area contributed by atoms with Gasteiger partial charge in [0.05, 0.1) is 10.0 Å². The summed E-state index contributed by atoms with van der Waals surface area (Å²) in [5, 5.41) is 8.82. The second-order valence-electron chi connectivity index (χ2n) is 3.98. The van der Waals surface area contributed by atoms with Crippen LogP contribution in [0.3, 0.4) is 0 Å². The number of hydrogen-bond acceptors (Lipinski definition) is 2. The number of carboxylic acids is 1. The van der Waals surface area contributed by atoms with Crippen molar-refractivity contribution in [2.24, 2.45) is 0 Å². The van der Waals surface area contributed by atoms with Gasteiger partial charge in [-0.15, -0.1) is 0 Å². The lowest BCUT2D eigenvalue weighted by Gasteiger charge is -2.09. The van der Waals surface area contributed by atoms with Crippen LogP contribution in [0.5, 0.6) is 5.75 Å². The van der Waals surface area contributed by atoms with Gasteiger partial charge in [0, 0.05) is 0 Å². The van der Waals surface area contributed by atoms with Gasteiger partial charge >= 0.3 is 5.97 Å². The van der Waals surface area contributed by atoms with Crippen LogP contribution in [0.15, 0.2) is 40.9 Å². The van der Waals surface area contributed by atoms with Gasteiger partial charge in [0.2, 0.25) is 0 Å². The lowest BCUT2D eigenvalue weighted by atomic mass is 10.1. The number of ether oxygens (including phenoxy) is 1. The topological polar surface area (TPSA) is 46.5 Å². The Bertz CT molecular complexity index is 659. The molecule has 0 heterocycles. The van der Waals surface area contributed by atoms with E-state index in [0.29, 0.717) is 15.8 Å². The molecule has 0 saturated heterocycles. The van der Waals surface area contributed by atoms with E-state index in [1.807, 2.05) is 0 Å². The first-order valence-corrected chi connectivity index (χ1v) is 6.36. The van der Waals surface area contributed by atoms with Crippen molar-refractivity contribution in [1.29, 1.82) is 0 Å². The quantitative estimate of drug-likeness (QED) is 0.913. The Hall–Kier alpha value is -1.95. The third-order valence-electron chi connectivity index (χ3n) is 2.55. The number of carboxylic acid groups (broad SMARTS) is 1. The molecule has 0 radical (unpaired) electrons. The second kappa shape index (κ2) is 6.00. The summed E-state index contributed by atoms with van der Waals surface area (Å²) in [7, 11) is 0. The number of aromatic carboxylic acids is 1. The molecule has 0 fully saturated rings. The Morgan fingerprint density at radius 1 is 1.20 bits per heavy atom. The van der Waals surface area contributed by atoms with E-state index in [-0.39, 0.29) is 6.61 Å². The predicted octanol–water partition coefficient (Wildman–Crippen LogP) is 4.00. The summed E-state index contributed by atoms with van der Waals surface area (Å²) in [4.78, 5) is 10.8. The van der Waals surface area contributed by atoms with Crippen LogP contribution in [-0.2, 0) is 6.61 Å². The first-order valence-electron chi connectivity index (χ1n) is 5.57. The fraction of sp³-hybridized carbons (Fsp3) is 0.0714. The number of halogens is 3. The minimum Gasteiger partial charge on any atom is -0.488 e. The third-order valence-corrected chi connectivity index (χ3v) is 3.17. The van der Waals surface area contributed by atoms with Crippen LogP contribution in [0.1, 0.15) is 15.9 Å². The molecule has 0 bridgehead atoms. The maximum atomic E-state index is 13.2. The summed E-state index contributed by atoms with van der Waals surface area (Å²) in [5.74, 6) is -2.14. The fourth-order valence-electron chi connectivity index (χ4n) is 1.58. The van der Waals surface area contributed by atoms with Crippen LogP contribution in [0.4, 0.5) is 8.78 Å². The predicted molar refractivity (Wildman–Crippen MR) is 71.8 cm³/mol. The Morgan fingerprint density at radius 3 is 2.60 bits per heavy atom. The maximum absolute atomic E-state index is 13.2. The van der Waals surface area contributed by atoms with Crippen molar-refractivity contribution in [1.82, 2.24) is 0 Å². The lowest BCUT2D eigenvalue weighted by molar-refractivity contribution is 0.0691. The molecule has 0 saturated carbocycles. The van der Waals surface area contributed by atoms with Crippen LogP contribution < -0.4 is 4.74 Å². The zero-order valence-corrected chi connectivity index (χ0v) is 11.7. The highest BCUT2D eigenvalue weighted by Crippen LogP contribution is 2.26. The number of rotatable bonds is 4.